The molecule has 6 rings (SSSR count). The van der Waals surface area contributed by atoms with Crippen LogP contribution in [0.5, 0.6) is 0 Å². The highest BCUT2D eigenvalue weighted by Crippen LogP contribution is 2.30. The fourth-order valence-corrected chi connectivity index (χ4v) is 5.09. The lowest BCUT2D eigenvalue weighted by Gasteiger charge is -2.35. The van der Waals surface area contributed by atoms with Crippen molar-refractivity contribution in [3.63, 3.8) is 0 Å². The van der Waals surface area contributed by atoms with Gasteiger partial charge in [0.25, 0.3) is 5.91 Å². The van der Waals surface area contributed by atoms with Crippen LogP contribution in [0.15, 0.2) is 30.5 Å². The van der Waals surface area contributed by atoms with Gasteiger partial charge in [0.05, 0.1) is 13.2 Å². The van der Waals surface area contributed by atoms with Gasteiger partial charge in [-0.15, -0.1) is 10.2 Å². The third kappa shape index (κ3) is 4.19. The Labute approximate surface area is 208 Å². The molecule has 1 N–H and O–H groups in total. The molecular weight excluding hydrogens is 460 g/mol. The first-order chi connectivity index (χ1) is 17.6. The lowest BCUT2D eigenvalue weighted by atomic mass is 10.0. The van der Waals surface area contributed by atoms with Crippen molar-refractivity contribution in [2.45, 2.75) is 38.8 Å². The Morgan fingerprint density at radius 2 is 1.92 bits per heavy atom. The molecule has 3 aromatic rings. The molecule has 3 amide bonds. The summed E-state index contributed by atoms with van der Waals surface area (Å²) < 4.78 is 7.47. The van der Waals surface area contributed by atoms with Crippen molar-refractivity contribution >= 4 is 17.8 Å². The number of amides is 3. The van der Waals surface area contributed by atoms with Gasteiger partial charge in [-0.25, -0.2) is 9.78 Å². The van der Waals surface area contributed by atoms with E-state index in [2.05, 4.69) is 37.0 Å². The van der Waals surface area contributed by atoms with Gasteiger partial charge in [-0.1, -0.05) is 6.07 Å². The van der Waals surface area contributed by atoms with E-state index in [0.717, 1.165) is 29.8 Å². The molecule has 6 heterocycles. The van der Waals surface area contributed by atoms with Crippen LogP contribution in [0.4, 0.5) is 10.6 Å². The lowest BCUT2D eigenvalue weighted by molar-refractivity contribution is 0.0421. The molecule has 3 aromatic heterocycles. The second-order valence-electron chi connectivity index (χ2n) is 9.45. The number of ether oxygens (including phenoxy) is 1. The average Bonchev–Trinajstić information content (AvgIpc) is 3.51. The van der Waals surface area contributed by atoms with Gasteiger partial charge in [-0.2, -0.15) is 0 Å². The number of fused-ring (bicyclic) bond motifs is 2. The number of anilines is 1. The van der Waals surface area contributed by atoms with Crippen LogP contribution < -0.4 is 5.32 Å². The van der Waals surface area contributed by atoms with Crippen LogP contribution in [0.25, 0.3) is 11.5 Å². The molecule has 1 saturated heterocycles. The number of urea groups is 1. The predicted molar refractivity (Wildman–Crippen MR) is 130 cm³/mol. The Bertz CT molecular complexity index is 1320. The molecule has 0 spiro atoms. The maximum Gasteiger partial charge on any atom is 0.320 e. The smallest absolute Gasteiger partial charge is 0.320 e. The Hall–Kier alpha value is -3.86. The third-order valence-electron chi connectivity index (χ3n) is 7.09. The zero-order valence-corrected chi connectivity index (χ0v) is 20.2. The summed E-state index contributed by atoms with van der Waals surface area (Å²) in [6.07, 6.45) is 4.40. The molecule has 0 saturated carbocycles. The summed E-state index contributed by atoms with van der Waals surface area (Å²) in [5, 5.41) is 11.5. The van der Waals surface area contributed by atoms with Gasteiger partial charge in [-0.3, -0.25) is 9.78 Å². The first-order valence-corrected chi connectivity index (χ1v) is 12.4. The normalized spacial score (nSPS) is 19.1. The standard InChI is InChI=1S/C25H28N8O3/c1-16-5-6-22-29-30-23(33(16)22)19-3-2-4-21(27-19)28-24(34)20-13-18-15-32(8-7-17(18)14-26-20)25(35)31-9-11-36-12-10-31/h2-4,13-14,16H,5-12,15H2,1H3,(H,27,28,34)/t16-/m0/s1. The maximum absolute atomic E-state index is 13.1. The fourth-order valence-electron chi connectivity index (χ4n) is 5.09. The van der Waals surface area contributed by atoms with Crippen LogP contribution in [-0.4, -0.2) is 79.3 Å². The first kappa shape index (κ1) is 22.6. The number of hydrogen-bond donors (Lipinski definition) is 1. The Balaban J connectivity index is 1.17. The summed E-state index contributed by atoms with van der Waals surface area (Å²) >= 11 is 0. The zero-order valence-electron chi connectivity index (χ0n) is 20.2. The van der Waals surface area contributed by atoms with Crippen LogP contribution >= 0.6 is 0 Å². The SMILES string of the molecule is C[C@H]1CCc2nnc(-c3cccc(NC(=O)c4cc5c(cn4)CCN(C(=O)N4CCOCC4)C5)n3)n21. The minimum absolute atomic E-state index is 0.0158. The van der Waals surface area contributed by atoms with Gasteiger partial charge in [0.15, 0.2) is 5.82 Å². The minimum atomic E-state index is -0.348. The number of aryl methyl sites for hydroxylation is 1. The number of rotatable bonds is 3. The van der Waals surface area contributed by atoms with E-state index in [1.807, 2.05) is 21.9 Å². The highest BCUT2D eigenvalue weighted by molar-refractivity contribution is 6.02. The molecule has 11 nitrogen and oxygen atoms in total. The maximum atomic E-state index is 13.1. The van der Waals surface area contributed by atoms with Gasteiger partial charge in [0.1, 0.15) is 23.0 Å². The highest BCUT2D eigenvalue weighted by atomic mass is 16.5. The molecule has 36 heavy (non-hydrogen) atoms. The van der Waals surface area contributed by atoms with Crippen LogP contribution in [0.1, 0.15) is 46.8 Å². The number of aromatic nitrogens is 5. The Morgan fingerprint density at radius 3 is 2.78 bits per heavy atom. The molecule has 0 unspecified atom stereocenters. The van der Waals surface area contributed by atoms with E-state index in [1.54, 1.807) is 18.3 Å². The Kier molecular flexibility index (Phi) is 5.84. The Morgan fingerprint density at radius 1 is 1.06 bits per heavy atom. The summed E-state index contributed by atoms with van der Waals surface area (Å²) in [5.74, 6) is 1.75. The van der Waals surface area contributed by atoms with E-state index >= 15 is 0 Å². The largest absolute Gasteiger partial charge is 0.378 e. The summed E-state index contributed by atoms with van der Waals surface area (Å²) in [4.78, 5) is 38.6. The minimum Gasteiger partial charge on any atom is -0.378 e. The lowest BCUT2D eigenvalue weighted by Crippen LogP contribution is -2.49. The van der Waals surface area contributed by atoms with E-state index in [1.165, 1.54) is 0 Å². The summed E-state index contributed by atoms with van der Waals surface area (Å²) in [7, 11) is 0. The van der Waals surface area contributed by atoms with E-state index in [9.17, 15) is 9.59 Å². The first-order valence-electron chi connectivity index (χ1n) is 12.4. The highest BCUT2D eigenvalue weighted by Gasteiger charge is 2.28. The topological polar surface area (TPSA) is 118 Å². The van der Waals surface area contributed by atoms with Crippen LogP contribution in [0, 0.1) is 0 Å². The van der Waals surface area contributed by atoms with Crippen molar-refractivity contribution < 1.29 is 14.3 Å². The van der Waals surface area contributed by atoms with Gasteiger partial charge in [0, 0.05) is 44.8 Å². The van der Waals surface area contributed by atoms with Crippen molar-refractivity contribution in [3.8, 4) is 11.5 Å². The third-order valence-corrected chi connectivity index (χ3v) is 7.09. The van der Waals surface area contributed by atoms with E-state index in [-0.39, 0.29) is 11.9 Å². The second-order valence-corrected chi connectivity index (χ2v) is 9.45. The number of nitrogens with one attached hydrogen (secondary N) is 1. The number of hydrogen-bond acceptors (Lipinski definition) is 7. The fraction of sp³-hybridized carbons (Fsp3) is 0.440. The number of carbonyl (C=O) groups excluding carboxylic acids is 2. The second kappa shape index (κ2) is 9.30. The van der Waals surface area contributed by atoms with Crippen LogP contribution in [0.2, 0.25) is 0 Å². The number of pyridine rings is 2. The van der Waals surface area contributed by atoms with Crippen LogP contribution in [0.3, 0.4) is 0 Å². The summed E-state index contributed by atoms with van der Waals surface area (Å²) in [6.45, 7) is 5.59. The monoisotopic (exact) mass is 488 g/mol. The molecule has 0 aromatic carbocycles. The van der Waals surface area contributed by atoms with E-state index in [0.29, 0.717) is 74.9 Å². The summed E-state index contributed by atoms with van der Waals surface area (Å²) in [6, 6.07) is 7.57. The van der Waals surface area contributed by atoms with Crippen molar-refractivity contribution in [2.24, 2.45) is 0 Å². The molecule has 11 heteroatoms. The van der Waals surface area contributed by atoms with Crippen molar-refractivity contribution in [2.75, 3.05) is 38.2 Å². The van der Waals surface area contributed by atoms with Gasteiger partial charge in [-0.05, 0) is 49.1 Å². The van der Waals surface area contributed by atoms with Gasteiger partial charge in [0.2, 0.25) is 0 Å². The van der Waals surface area contributed by atoms with Crippen molar-refractivity contribution in [3.05, 3.63) is 53.1 Å². The van der Waals surface area contributed by atoms with Crippen molar-refractivity contribution in [1.82, 2.24) is 34.5 Å². The van der Waals surface area contributed by atoms with Gasteiger partial charge >= 0.3 is 6.03 Å². The molecule has 1 fully saturated rings. The summed E-state index contributed by atoms with van der Waals surface area (Å²) in [5.41, 5.74) is 2.96. The molecule has 0 aliphatic carbocycles. The predicted octanol–water partition coefficient (Wildman–Crippen LogP) is 2.30. The van der Waals surface area contributed by atoms with E-state index < -0.39 is 0 Å². The molecule has 1 atom stereocenters. The number of morpholine rings is 1. The molecule has 3 aliphatic rings. The number of carbonyl (C=O) groups is 2. The van der Waals surface area contributed by atoms with Gasteiger partial charge < -0.3 is 24.4 Å². The number of nitrogens with zero attached hydrogens (tertiary/aromatic N) is 7. The zero-order chi connectivity index (χ0) is 24.6. The molecular formula is C25H28N8O3. The quantitative estimate of drug-likeness (QED) is 0.601. The van der Waals surface area contributed by atoms with E-state index in [4.69, 9.17) is 4.74 Å². The molecule has 3 aliphatic heterocycles. The molecule has 0 bridgehead atoms. The van der Waals surface area contributed by atoms with Crippen LogP contribution in [-0.2, 0) is 24.1 Å². The van der Waals surface area contributed by atoms with Crippen molar-refractivity contribution in [1.29, 1.82) is 0 Å². The molecule has 0 radical (unpaired) electrons. The molecule has 186 valence electrons. The average molecular weight is 489 g/mol.